The van der Waals surface area contributed by atoms with Crippen LogP contribution in [0.1, 0.15) is 17.0 Å². The molecule has 7 heteroatoms. The lowest BCUT2D eigenvalue weighted by Gasteiger charge is -2.34. The molecule has 6 nitrogen and oxygen atoms in total. The summed E-state index contributed by atoms with van der Waals surface area (Å²) in [6.07, 6.45) is 0. The minimum atomic E-state index is 0.645. The predicted molar refractivity (Wildman–Crippen MR) is 113 cm³/mol. The maximum Gasteiger partial charge on any atom is 0.241 e. The van der Waals surface area contributed by atoms with Crippen LogP contribution in [-0.2, 0) is 13.1 Å². The van der Waals surface area contributed by atoms with Gasteiger partial charge in [0.1, 0.15) is 5.75 Å². The van der Waals surface area contributed by atoms with E-state index in [0.717, 1.165) is 54.6 Å². The van der Waals surface area contributed by atoms with Crippen molar-refractivity contribution in [3.8, 4) is 17.1 Å². The van der Waals surface area contributed by atoms with E-state index >= 15 is 0 Å². The smallest absolute Gasteiger partial charge is 0.241 e. The highest BCUT2D eigenvalue weighted by Gasteiger charge is 2.20. The Morgan fingerprint density at radius 3 is 2.38 bits per heavy atom. The van der Waals surface area contributed by atoms with Crippen LogP contribution in [0, 0.1) is 6.92 Å². The van der Waals surface area contributed by atoms with E-state index in [1.165, 1.54) is 5.56 Å². The highest BCUT2D eigenvalue weighted by molar-refractivity contribution is 6.30. The van der Waals surface area contributed by atoms with E-state index in [0.29, 0.717) is 18.3 Å². The highest BCUT2D eigenvalue weighted by Crippen LogP contribution is 2.24. The van der Waals surface area contributed by atoms with Gasteiger partial charge in [0.15, 0.2) is 0 Å². The summed E-state index contributed by atoms with van der Waals surface area (Å²) in [6, 6.07) is 13.9. The number of rotatable bonds is 6. The second-order valence-electron chi connectivity index (χ2n) is 7.39. The number of aryl methyl sites for hydroxylation is 1. The molecule has 4 rings (SSSR count). The van der Waals surface area contributed by atoms with Gasteiger partial charge in [-0.15, -0.1) is 0 Å². The number of benzene rings is 2. The van der Waals surface area contributed by atoms with Crippen molar-refractivity contribution in [2.45, 2.75) is 20.0 Å². The molecular formula is C22H25ClN4O2. The van der Waals surface area contributed by atoms with Gasteiger partial charge in [0.05, 0.1) is 13.7 Å². The largest absolute Gasteiger partial charge is 0.496 e. The van der Waals surface area contributed by atoms with Gasteiger partial charge in [-0.1, -0.05) is 46.6 Å². The molecule has 0 saturated carbocycles. The number of methoxy groups -OCH3 is 1. The normalized spacial score (nSPS) is 15.6. The molecule has 2 heterocycles. The molecule has 0 aliphatic carbocycles. The zero-order chi connectivity index (χ0) is 20.2. The van der Waals surface area contributed by atoms with Crippen molar-refractivity contribution in [3.63, 3.8) is 0 Å². The molecule has 1 aliphatic rings. The summed E-state index contributed by atoms with van der Waals surface area (Å²) in [7, 11) is 1.69. The first-order valence-electron chi connectivity index (χ1n) is 9.77. The number of halogens is 1. The number of ether oxygens (including phenoxy) is 1. The zero-order valence-corrected chi connectivity index (χ0v) is 17.5. The molecule has 1 aliphatic heterocycles. The van der Waals surface area contributed by atoms with Gasteiger partial charge in [0.25, 0.3) is 0 Å². The molecule has 0 N–H and O–H groups in total. The Kier molecular flexibility index (Phi) is 6.13. The molecule has 1 aromatic heterocycles. The van der Waals surface area contributed by atoms with Crippen molar-refractivity contribution in [1.82, 2.24) is 19.9 Å². The Morgan fingerprint density at radius 2 is 1.69 bits per heavy atom. The SMILES string of the molecule is COc1ccc(Cl)cc1CN1CCN(Cc2nc(-c3ccc(C)cc3)no2)CC1. The third-order valence-corrected chi connectivity index (χ3v) is 5.47. The summed E-state index contributed by atoms with van der Waals surface area (Å²) in [5, 5.41) is 4.87. The van der Waals surface area contributed by atoms with E-state index in [1.54, 1.807) is 7.11 Å². The van der Waals surface area contributed by atoms with Crippen LogP contribution in [0.15, 0.2) is 47.0 Å². The van der Waals surface area contributed by atoms with Crippen LogP contribution < -0.4 is 4.74 Å². The van der Waals surface area contributed by atoms with Crippen LogP contribution in [0.3, 0.4) is 0 Å². The van der Waals surface area contributed by atoms with Crippen LogP contribution >= 0.6 is 11.6 Å². The lowest BCUT2D eigenvalue weighted by molar-refractivity contribution is 0.111. The Balaban J connectivity index is 1.31. The molecule has 1 fully saturated rings. The van der Waals surface area contributed by atoms with Crippen LogP contribution in [0.4, 0.5) is 0 Å². The van der Waals surface area contributed by atoms with E-state index < -0.39 is 0 Å². The van der Waals surface area contributed by atoms with E-state index in [1.807, 2.05) is 30.3 Å². The summed E-state index contributed by atoms with van der Waals surface area (Å²) >= 11 is 6.15. The van der Waals surface area contributed by atoms with Gasteiger partial charge in [-0.25, -0.2) is 0 Å². The van der Waals surface area contributed by atoms with Crippen LogP contribution in [0.5, 0.6) is 5.75 Å². The van der Waals surface area contributed by atoms with E-state index in [4.69, 9.17) is 20.9 Å². The van der Waals surface area contributed by atoms with Gasteiger partial charge < -0.3 is 9.26 Å². The highest BCUT2D eigenvalue weighted by atomic mass is 35.5. The molecule has 0 bridgehead atoms. The summed E-state index contributed by atoms with van der Waals surface area (Å²) in [4.78, 5) is 9.32. The van der Waals surface area contributed by atoms with Gasteiger partial charge in [-0.05, 0) is 25.1 Å². The molecule has 0 atom stereocenters. The summed E-state index contributed by atoms with van der Waals surface area (Å²) in [5.74, 6) is 2.18. The molecule has 0 unspecified atom stereocenters. The fraction of sp³-hybridized carbons (Fsp3) is 0.364. The Morgan fingerprint density at radius 1 is 1.00 bits per heavy atom. The Hall–Kier alpha value is -2.41. The van der Waals surface area contributed by atoms with Crippen molar-refractivity contribution >= 4 is 11.6 Å². The van der Waals surface area contributed by atoms with Crippen LogP contribution in [0.2, 0.25) is 5.02 Å². The monoisotopic (exact) mass is 412 g/mol. The second-order valence-corrected chi connectivity index (χ2v) is 7.82. The number of nitrogens with zero attached hydrogens (tertiary/aromatic N) is 4. The van der Waals surface area contributed by atoms with Gasteiger partial charge in [0, 0.05) is 48.9 Å². The summed E-state index contributed by atoms with van der Waals surface area (Å²) < 4.78 is 10.9. The van der Waals surface area contributed by atoms with Gasteiger partial charge in [0.2, 0.25) is 11.7 Å². The summed E-state index contributed by atoms with van der Waals surface area (Å²) in [5.41, 5.74) is 3.31. The standard InChI is InChI=1S/C22H25ClN4O2/c1-16-3-5-17(6-4-16)22-24-21(29-25-22)15-27-11-9-26(10-12-27)14-18-13-19(23)7-8-20(18)28-2/h3-8,13H,9-12,14-15H2,1-2H3. The first-order chi connectivity index (χ1) is 14.1. The molecule has 1 saturated heterocycles. The van der Waals surface area contributed by atoms with Gasteiger partial charge in [-0.2, -0.15) is 4.98 Å². The van der Waals surface area contributed by atoms with Gasteiger partial charge >= 0.3 is 0 Å². The van der Waals surface area contributed by atoms with Gasteiger partial charge in [-0.3, -0.25) is 9.80 Å². The van der Waals surface area contributed by atoms with Crippen molar-refractivity contribution in [2.24, 2.45) is 0 Å². The fourth-order valence-corrected chi connectivity index (χ4v) is 3.74. The first-order valence-corrected chi connectivity index (χ1v) is 10.2. The molecule has 2 aromatic carbocycles. The summed E-state index contributed by atoms with van der Waals surface area (Å²) in [6.45, 7) is 7.40. The lowest BCUT2D eigenvalue weighted by atomic mass is 10.1. The molecule has 0 amide bonds. The molecule has 0 radical (unpaired) electrons. The van der Waals surface area contributed by atoms with E-state index in [9.17, 15) is 0 Å². The lowest BCUT2D eigenvalue weighted by Crippen LogP contribution is -2.45. The maximum absolute atomic E-state index is 6.15. The molecule has 0 spiro atoms. The zero-order valence-electron chi connectivity index (χ0n) is 16.8. The van der Waals surface area contributed by atoms with Crippen molar-refractivity contribution in [2.75, 3.05) is 33.3 Å². The predicted octanol–water partition coefficient (Wildman–Crippen LogP) is 4.02. The minimum Gasteiger partial charge on any atom is -0.496 e. The van der Waals surface area contributed by atoms with Crippen molar-refractivity contribution in [1.29, 1.82) is 0 Å². The van der Waals surface area contributed by atoms with Crippen LogP contribution in [-0.4, -0.2) is 53.2 Å². The first kappa shape index (κ1) is 19.9. The Labute approximate surface area is 176 Å². The molecule has 152 valence electrons. The quantitative estimate of drug-likeness (QED) is 0.609. The maximum atomic E-state index is 6.15. The van der Waals surface area contributed by atoms with Crippen molar-refractivity contribution < 1.29 is 9.26 Å². The molecular weight excluding hydrogens is 388 g/mol. The fourth-order valence-electron chi connectivity index (χ4n) is 3.55. The van der Waals surface area contributed by atoms with E-state index in [2.05, 4.69) is 39.0 Å². The number of hydrogen-bond donors (Lipinski definition) is 0. The average Bonchev–Trinajstić information content (AvgIpc) is 3.19. The molecule has 29 heavy (non-hydrogen) atoms. The van der Waals surface area contributed by atoms with E-state index in [-0.39, 0.29) is 0 Å². The number of piperazine rings is 1. The topological polar surface area (TPSA) is 54.6 Å². The number of aromatic nitrogens is 2. The van der Waals surface area contributed by atoms with Crippen LogP contribution in [0.25, 0.3) is 11.4 Å². The second kappa shape index (κ2) is 8.95. The van der Waals surface area contributed by atoms with Crippen molar-refractivity contribution in [3.05, 3.63) is 64.5 Å². The third kappa shape index (κ3) is 4.96. The average molecular weight is 413 g/mol. The molecule has 3 aromatic rings. The third-order valence-electron chi connectivity index (χ3n) is 5.24. The number of hydrogen-bond acceptors (Lipinski definition) is 6. The minimum absolute atomic E-state index is 0.645. The Bertz CT molecular complexity index is 950.